The molecule has 1 fully saturated rings. The largest absolute Gasteiger partial charge is 0.436 e. The van der Waals surface area contributed by atoms with Gasteiger partial charge >= 0.3 is 0 Å². The topological polar surface area (TPSA) is 97.7 Å². The lowest BCUT2D eigenvalue weighted by atomic mass is 10.2. The average Bonchev–Trinajstić information content (AvgIpc) is 2.79. The van der Waals surface area contributed by atoms with E-state index in [4.69, 9.17) is 21.1 Å². The average molecular weight is 448 g/mol. The first-order valence-electron chi connectivity index (χ1n) is 9.19. The Morgan fingerprint density at radius 3 is 2.58 bits per heavy atom. The molecule has 0 amide bonds. The fraction of sp³-hybridized carbons (Fsp3) is 0.211. The standard InChI is InChI=1S/C19H16ClF2N7O2/c20-18-23-11-15(22)17(27-18)31-13-3-1-12(2-4-13)9-25-28-19-24-10-14(21)16(26-19)29-5-7-30-8-6-29/h1-4,9-11H,5-8H2,(H,24,26,28). The van der Waals surface area contributed by atoms with Crippen molar-refractivity contribution < 1.29 is 18.3 Å². The minimum absolute atomic E-state index is 0.119. The van der Waals surface area contributed by atoms with E-state index in [1.807, 2.05) is 0 Å². The highest BCUT2D eigenvalue weighted by molar-refractivity contribution is 6.28. The van der Waals surface area contributed by atoms with Gasteiger partial charge in [0.15, 0.2) is 11.6 Å². The van der Waals surface area contributed by atoms with Gasteiger partial charge in [-0.25, -0.2) is 19.8 Å². The molecule has 0 aliphatic carbocycles. The highest BCUT2D eigenvalue weighted by Crippen LogP contribution is 2.23. The number of hydrogen-bond acceptors (Lipinski definition) is 9. The van der Waals surface area contributed by atoms with Crippen molar-refractivity contribution in [3.8, 4) is 11.6 Å². The van der Waals surface area contributed by atoms with Gasteiger partial charge in [0.1, 0.15) is 5.75 Å². The number of nitrogens with zero attached hydrogens (tertiary/aromatic N) is 6. The quantitative estimate of drug-likeness (QED) is 0.349. The molecule has 1 N–H and O–H groups in total. The Morgan fingerprint density at radius 1 is 1.06 bits per heavy atom. The molecule has 3 aromatic rings. The number of ether oxygens (including phenoxy) is 2. The molecule has 0 unspecified atom stereocenters. The maximum atomic E-state index is 14.1. The normalized spacial score (nSPS) is 14.1. The van der Waals surface area contributed by atoms with E-state index in [-0.39, 0.29) is 22.9 Å². The van der Waals surface area contributed by atoms with Crippen LogP contribution in [0.15, 0.2) is 41.8 Å². The van der Waals surface area contributed by atoms with Crippen LogP contribution < -0.4 is 15.1 Å². The molecule has 9 nitrogen and oxygen atoms in total. The zero-order valence-corrected chi connectivity index (χ0v) is 16.8. The van der Waals surface area contributed by atoms with Gasteiger partial charge in [-0.05, 0) is 41.4 Å². The van der Waals surface area contributed by atoms with Gasteiger partial charge in [0.05, 0.1) is 31.8 Å². The zero-order chi connectivity index (χ0) is 21.6. The molecule has 0 spiro atoms. The summed E-state index contributed by atoms with van der Waals surface area (Å²) < 4.78 is 38.3. The molecule has 1 aliphatic heterocycles. The second-order valence-electron chi connectivity index (χ2n) is 6.30. The second-order valence-corrected chi connectivity index (χ2v) is 6.64. The van der Waals surface area contributed by atoms with Crippen molar-refractivity contribution >= 4 is 29.6 Å². The summed E-state index contributed by atoms with van der Waals surface area (Å²) >= 11 is 5.65. The van der Waals surface area contributed by atoms with Gasteiger partial charge < -0.3 is 14.4 Å². The summed E-state index contributed by atoms with van der Waals surface area (Å²) in [6, 6.07) is 6.63. The SMILES string of the molecule is Fc1cnc(Cl)nc1Oc1ccc(C=NNc2ncc(F)c(N3CCOCC3)n2)cc1. The Morgan fingerprint density at radius 2 is 1.81 bits per heavy atom. The maximum absolute atomic E-state index is 14.1. The smallest absolute Gasteiger partial charge is 0.260 e. The van der Waals surface area contributed by atoms with Crippen LogP contribution in [0.5, 0.6) is 11.6 Å². The summed E-state index contributed by atoms with van der Waals surface area (Å²) in [5, 5.41) is 3.94. The van der Waals surface area contributed by atoms with Crippen molar-refractivity contribution in [1.82, 2.24) is 19.9 Å². The molecule has 1 saturated heterocycles. The van der Waals surface area contributed by atoms with Gasteiger partial charge in [-0.3, -0.25) is 0 Å². The molecule has 3 heterocycles. The molecule has 1 aliphatic rings. The molecular weight excluding hydrogens is 432 g/mol. The van der Waals surface area contributed by atoms with E-state index in [0.29, 0.717) is 32.1 Å². The van der Waals surface area contributed by atoms with E-state index in [1.165, 1.54) is 6.21 Å². The van der Waals surface area contributed by atoms with Gasteiger partial charge in [0.2, 0.25) is 17.0 Å². The van der Waals surface area contributed by atoms with Crippen molar-refractivity contribution in [3.05, 3.63) is 59.1 Å². The van der Waals surface area contributed by atoms with Crippen molar-refractivity contribution in [3.63, 3.8) is 0 Å². The first-order chi connectivity index (χ1) is 15.1. The summed E-state index contributed by atoms with van der Waals surface area (Å²) in [4.78, 5) is 17.1. The predicted molar refractivity (Wildman–Crippen MR) is 110 cm³/mol. The Balaban J connectivity index is 1.38. The fourth-order valence-electron chi connectivity index (χ4n) is 2.71. The van der Waals surface area contributed by atoms with Crippen LogP contribution >= 0.6 is 11.6 Å². The third-order valence-corrected chi connectivity index (χ3v) is 4.37. The summed E-state index contributed by atoms with van der Waals surface area (Å²) in [6.45, 7) is 2.13. The first-order valence-corrected chi connectivity index (χ1v) is 9.56. The summed E-state index contributed by atoms with van der Waals surface area (Å²) in [5.74, 6) is -0.781. The van der Waals surface area contributed by atoms with Crippen LogP contribution in [0.25, 0.3) is 0 Å². The van der Waals surface area contributed by atoms with Crippen LogP contribution in [0.4, 0.5) is 20.5 Å². The summed E-state index contributed by atoms with van der Waals surface area (Å²) in [5.41, 5.74) is 3.40. The zero-order valence-electron chi connectivity index (χ0n) is 16.0. The number of benzene rings is 1. The van der Waals surface area contributed by atoms with Gasteiger partial charge in [0.25, 0.3) is 5.88 Å². The Bertz CT molecular complexity index is 1080. The minimum Gasteiger partial charge on any atom is -0.436 e. The summed E-state index contributed by atoms with van der Waals surface area (Å²) in [6.07, 6.45) is 3.55. The third kappa shape index (κ3) is 5.38. The Hall–Kier alpha value is -3.44. The molecule has 0 bridgehead atoms. The van der Waals surface area contributed by atoms with Crippen molar-refractivity contribution in [2.24, 2.45) is 5.10 Å². The fourth-order valence-corrected chi connectivity index (χ4v) is 2.84. The van der Waals surface area contributed by atoms with E-state index < -0.39 is 11.6 Å². The number of halogens is 3. The maximum Gasteiger partial charge on any atom is 0.260 e. The lowest BCUT2D eigenvalue weighted by molar-refractivity contribution is 0.122. The monoisotopic (exact) mass is 447 g/mol. The lowest BCUT2D eigenvalue weighted by Gasteiger charge is -2.27. The molecule has 0 atom stereocenters. The van der Waals surface area contributed by atoms with Crippen LogP contribution in [0.2, 0.25) is 5.28 Å². The van der Waals surface area contributed by atoms with Crippen molar-refractivity contribution in [2.45, 2.75) is 0 Å². The number of hydrogen-bond donors (Lipinski definition) is 1. The van der Waals surface area contributed by atoms with Gasteiger partial charge in [-0.2, -0.15) is 19.5 Å². The number of rotatable bonds is 6. The van der Waals surface area contributed by atoms with Crippen molar-refractivity contribution in [2.75, 3.05) is 36.6 Å². The molecule has 4 rings (SSSR count). The second kappa shape index (κ2) is 9.58. The Kier molecular flexibility index (Phi) is 6.43. The molecule has 0 radical (unpaired) electrons. The van der Waals surface area contributed by atoms with Gasteiger partial charge in [-0.15, -0.1) is 0 Å². The lowest BCUT2D eigenvalue weighted by Crippen LogP contribution is -2.37. The number of aromatic nitrogens is 4. The number of anilines is 2. The number of hydrazone groups is 1. The number of nitrogens with one attached hydrogen (secondary N) is 1. The highest BCUT2D eigenvalue weighted by atomic mass is 35.5. The molecule has 12 heteroatoms. The molecular formula is C19H16ClF2N7O2. The third-order valence-electron chi connectivity index (χ3n) is 4.19. The predicted octanol–water partition coefficient (Wildman–Crippen LogP) is 3.27. The highest BCUT2D eigenvalue weighted by Gasteiger charge is 2.17. The molecule has 31 heavy (non-hydrogen) atoms. The van der Waals surface area contributed by atoms with Crippen LogP contribution in [-0.2, 0) is 4.74 Å². The van der Waals surface area contributed by atoms with Crippen molar-refractivity contribution in [1.29, 1.82) is 0 Å². The molecule has 2 aromatic heterocycles. The van der Waals surface area contributed by atoms with E-state index in [0.717, 1.165) is 18.0 Å². The summed E-state index contributed by atoms with van der Waals surface area (Å²) in [7, 11) is 0. The van der Waals surface area contributed by atoms with E-state index in [9.17, 15) is 8.78 Å². The van der Waals surface area contributed by atoms with Crippen LogP contribution in [0, 0.1) is 11.6 Å². The molecule has 0 saturated carbocycles. The van der Waals surface area contributed by atoms with Crippen LogP contribution in [0.3, 0.4) is 0 Å². The molecule has 1 aromatic carbocycles. The van der Waals surface area contributed by atoms with Crippen LogP contribution in [-0.4, -0.2) is 52.5 Å². The first kappa shape index (κ1) is 20.8. The minimum atomic E-state index is -0.727. The molecule has 160 valence electrons. The van der Waals surface area contributed by atoms with E-state index in [2.05, 4.69) is 30.5 Å². The van der Waals surface area contributed by atoms with Gasteiger partial charge in [0, 0.05) is 13.1 Å². The van der Waals surface area contributed by atoms with Crippen LogP contribution in [0.1, 0.15) is 5.56 Å². The number of morpholine rings is 1. The van der Waals surface area contributed by atoms with Gasteiger partial charge in [-0.1, -0.05) is 0 Å². The van der Waals surface area contributed by atoms with E-state index in [1.54, 1.807) is 29.2 Å². The Labute approximate surface area is 180 Å². The van der Waals surface area contributed by atoms with E-state index >= 15 is 0 Å².